The van der Waals surface area contributed by atoms with Crippen LogP contribution in [0.3, 0.4) is 0 Å². The highest BCUT2D eigenvalue weighted by atomic mass is 16.4. The van der Waals surface area contributed by atoms with Crippen molar-refractivity contribution < 1.29 is 24.6 Å². The number of aliphatic carboxylic acids is 1. The summed E-state index contributed by atoms with van der Waals surface area (Å²) in [7, 11) is 0. The summed E-state index contributed by atoms with van der Waals surface area (Å²) in [4.78, 5) is 46.4. The minimum atomic E-state index is -1.34. The molecular formula is C11H13N3O6. The number of hydrogen-bond acceptors (Lipinski definition) is 5. The standard InChI is InChI=1S/C11H13N3O6/c12-7(15)2-1-6(11(19)20)13-10(18)5-3-8(16)14-9(17)4-5/h3-4,6H,1-2H2,(H2,12,15)(H,13,18)(H,19,20)(H2,14,16,17)/t6-/m1/s1. The number of aromatic nitrogens is 1. The molecule has 1 heterocycles. The number of amides is 2. The molecule has 0 saturated carbocycles. The highest BCUT2D eigenvalue weighted by Gasteiger charge is 2.21. The summed E-state index contributed by atoms with van der Waals surface area (Å²) in [6.07, 6.45) is -0.385. The minimum Gasteiger partial charge on any atom is -0.494 e. The average molecular weight is 283 g/mol. The number of nitrogens with two attached hydrogens (primary N) is 1. The molecule has 1 aromatic rings. The van der Waals surface area contributed by atoms with Gasteiger partial charge in [0.2, 0.25) is 5.91 Å². The van der Waals surface area contributed by atoms with E-state index in [0.717, 1.165) is 12.1 Å². The lowest BCUT2D eigenvalue weighted by Gasteiger charge is -2.13. The van der Waals surface area contributed by atoms with Crippen molar-refractivity contribution in [2.24, 2.45) is 5.73 Å². The Hall–Kier alpha value is -2.84. The summed E-state index contributed by atoms with van der Waals surface area (Å²) >= 11 is 0. The number of aromatic amines is 1. The van der Waals surface area contributed by atoms with Crippen LogP contribution in [-0.2, 0) is 9.59 Å². The summed E-state index contributed by atoms with van der Waals surface area (Å²) in [6.45, 7) is 0. The number of carbonyl (C=O) groups excluding carboxylic acids is 2. The Morgan fingerprint density at radius 1 is 1.35 bits per heavy atom. The van der Waals surface area contributed by atoms with Gasteiger partial charge in [0.1, 0.15) is 6.04 Å². The predicted octanol–water partition coefficient (Wildman–Crippen LogP) is -1.47. The second kappa shape index (κ2) is 6.36. The van der Waals surface area contributed by atoms with E-state index in [2.05, 4.69) is 5.32 Å². The second-order valence-corrected chi connectivity index (χ2v) is 3.99. The Bertz CT molecular complexity index is 594. The topological polar surface area (TPSA) is 163 Å². The molecule has 1 rings (SSSR count). The molecule has 0 bridgehead atoms. The van der Waals surface area contributed by atoms with Gasteiger partial charge in [0, 0.05) is 18.6 Å². The van der Waals surface area contributed by atoms with Crippen LogP contribution in [0.2, 0.25) is 0 Å². The number of pyridine rings is 1. The first kappa shape index (κ1) is 15.2. The van der Waals surface area contributed by atoms with Crippen LogP contribution >= 0.6 is 0 Å². The van der Waals surface area contributed by atoms with Crippen LogP contribution < -0.4 is 16.6 Å². The Labute approximate surface area is 112 Å². The van der Waals surface area contributed by atoms with E-state index in [1.165, 1.54) is 0 Å². The Balaban J connectivity index is 2.82. The van der Waals surface area contributed by atoms with Crippen LogP contribution in [0, 0.1) is 0 Å². The van der Waals surface area contributed by atoms with Crippen LogP contribution in [0.5, 0.6) is 5.88 Å². The monoisotopic (exact) mass is 283 g/mol. The van der Waals surface area contributed by atoms with Gasteiger partial charge < -0.3 is 21.3 Å². The summed E-state index contributed by atoms with van der Waals surface area (Å²) < 4.78 is 0. The lowest BCUT2D eigenvalue weighted by Crippen LogP contribution is -2.41. The summed E-state index contributed by atoms with van der Waals surface area (Å²) in [5.74, 6) is -3.41. The number of carbonyl (C=O) groups is 3. The van der Waals surface area contributed by atoms with Crippen LogP contribution in [-0.4, -0.2) is 39.0 Å². The van der Waals surface area contributed by atoms with Crippen molar-refractivity contribution in [3.8, 4) is 5.88 Å². The van der Waals surface area contributed by atoms with E-state index >= 15 is 0 Å². The molecule has 0 saturated heterocycles. The van der Waals surface area contributed by atoms with Crippen molar-refractivity contribution in [2.75, 3.05) is 0 Å². The van der Waals surface area contributed by atoms with Crippen molar-refractivity contribution >= 4 is 17.8 Å². The molecule has 0 aliphatic carbocycles. The molecule has 1 aromatic heterocycles. The zero-order chi connectivity index (χ0) is 15.3. The molecule has 20 heavy (non-hydrogen) atoms. The second-order valence-electron chi connectivity index (χ2n) is 3.99. The Morgan fingerprint density at radius 2 is 2.00 bits per heavy atom. The maximum atomic E-state index is 11.8. The number of aromatic hydroxyl groups is 1. The summed E-state index contributed by atoms with van der Waals surface area (Å²) in [6, 6.07) is 0.558. The molecule has 0 aliphatic rings. The van der Waals surface area contributed by atoms with E-state index in [1.54, 1.807) is 0 Å². The molecule has 0 unspecified atom stereocenters. The Kier molecular flexibility index (Phi) is 4.84. The largest absolute Gasteiger partial charge is 0.494 e. The smallest absolute Gasteiger partial charge is 0.326 e. The lowest BCUT2D eigenvalue weighted by molar-refractivity contribution is -0.139. The first-order chi connectivity index (χ1) is 9.29. The van der Waals surface area contributed by atoms with E-state index in [4.69, 9.17) is 15.9 Å². The van der Waals surface area contributed by atoms with Crippen molar-refractivity contribution in [2.45, 2.75) is 18.9 Å². The molecule has 1 atom stereocenters. The third-order valence-corrected chi connectivity index (χ3v) is 2.38. The average Bonchev–Trinajstić information content (AvgIpc) is 2.32. The zero-order valence-electron chi connectivity index (χ0n) is 10.3. The highest BCUT2D eigenvalue weighted by Crippen LogP contribution is 2.05. The van der Waals surface area contributed by atoms with Crippen molar-refractivity contribution in [1.82, 2.24) is 10.3 Å². The number of rotatable bonds is 6. The SMILES string of the molecule is NC(=O)CC[C@@H](NC(=O)c1cc(O)[nH]c(=O)c1)C(=O)O. The molecule has 0 spiro atoms. The van der Waals surface area contributed by atoms with Gasteiger partial charge in [-0.1, -0.05) is 0 Å². The maximum absolute atomic E-state index is 11.8. The fraction of sp³-hybridized carbons (Fsp3) is 0.273. The first-order valence-electron chi connectivity index (χ1n) is 5.55. The van der Waals surface area contributed by atoms with Gasteiger partial charge in [0.15, 0.2) is 5.88 Å². The van der Waals surface area contributed by atoms with Gasteiger partial charge in [0.25, 0.3) is 11.5 Å². The Morgan fingerprint density at radius 3 is 2.50 bits per heavy atom. The van der Waals surface area contributed by atoms with Crippen LogP contribution in [0.1, 0.15) is 23.2 Å². The lowest BCUT2D eigenvalue weighted by atomic mass is 10.1. The predicted molar refractivity (Wildman–Crippen MR) is 66.0 cm³/mol. The van der Waals surface area contributed by atoms with Gasteiger partial charge in [-0.25, -0.2) is 4.79 Å². The van der Waals surface area contributed by atoms with Crippen molar-refractivity contribution in [3.63, 3.8) is 0 Å². The van der Waals surface area contributed by atoms with Gasteiger partial charge in [-0.2, -0.15) is 0 Å². The molecular weight excluding hydrogens is 270 g/mol. The van der Waals surface area contributed by atoms with Crippen LogP contribution in [0.25, 0.3) is 0 Å². The summed E-state index contributed by atoms with van der Waals surface area (Å²) in [5.41, 5.74) is 3.99. The molecule has 0 radical (unpaired) electrons. The number of primary amides is 1. The highest BCUT2D eigenvalue weighted by molar-refractivity contribution is 5.96. The molecule has 2 amide bonds. The number of carboxylic acids is 1. The molecule has 0 aromatic carbocycles. The minimum absolute atomic E-state index is 0.175. The summed E-state index contributed by atoms with van der Waals surface area (Å²) in [5, 5.41) is 20.2. The third-order valence-electron chi connectivity index (χ3n) is 2.38. The van der Waals surface area contributed by atoms with Crippen LogP contribution in [0.15, 0.2) is 16.9 Å². The van der Waals surface area contributed by atoms with E-state index in [-0.39, 0.29) is 18.4 Å². The molecule has 9 heteroatoms. The van der Waals surface area contributed by atoms with E-state index in [1.807, 2.05) is 4.98 Å². The van der Waals surface area contributed by atoms with Gasteiger partial charge in [-0.3, -0.25) is 19.4 Å². The quantitative estimate of drug-likeness (QED) is 0.428. The van der Waals surface area contributed by atoms with Gasteiger partial charge in [0.05, 0.1) is 5.56 Å². The molecule has 6 N–H and O–H groups in total. The van der Waals surface area contributed by atoms with E-state index < -0.39 is 35.3 Å². The fourth-order valence-electron chi connectivity index (χ4n) is 1.45. The van der Waals surface area contributed by atoms with Gasteiger partial charge >= 0.3 is 5.97 Å². The van der Waals surface area contributed by atoms with E-state index in [9.17, 15) is 19.2 Å². The number of H-pyrrole nitrogens is 1. The van der Waals surface area contributed by atoms with Crippen LogP contribution in [0.4, 0.5) is 0 Å². The number of carboxylic acid groups (broad SMARTS) is 1. The van der Waals surface area contributed by atoms with Gasteiger partial charge in [-0.05, 0) is 6.42 Å². The molecule has 0 aliphatic heterocycles. The van der Waals surface area contributed by atoms with Crippen molar-refractivity contribution in [3.05, 3.63) is 28.0 Å². The normalized spacial score (nSPS) is 11.6. The van der Waals surface area contributed by atoms with Crippen molar-refractivity contribution in [1.29, 1.82) is 0 Å². The number of hydrogen-bond donors (Lipinski definition) is 5. The number of nitrogens with one attached hydrogen (secondary N) is 2. The molecule has 9 nitrogen and oxygen atoms in total. The zero-order valence-corrected chi connectivity index (χ0v) is 10.3. The maximum Gasteiger partial charge on any atom is 0.326 e. The third kappa shape index (κ3) is 4.44. The van der Waals surface area contributed by atoms with Gasteiger partial charge in [-0.15, -0.1) is 0 Å². The molecule has 0 fully saturated rings. The van der Waals surface area contributed by atoms with E-state index in [0.29, 0.717) is 0 Å². The fourth-order valence-corrected chi connectivity index (χ4v) is 1.45. The first-order valence-corrected chi connectivity index (χ1v) is 5.55. The molecule has 108 valence electrons.